The average molecular weight is 648 g/mol. The van der Waals surface area contributed by atoms with Gasteiger partial charge in [0.05, 0.1) is 16.9 Å². The van der Waals surface area contributed by atoms with Crippen LogP contribution in [0, 0.1) is 5.92 Å². The first-order chi connectivity index (χ1) is 20.0. The van der Waals surface area contributed by atoms with E-state index in [0.717, 1.165) is 16.8 Å². The standard InChI is InChI=1S/C10H9N5O3.C9H19N.C8H7BrN2O3/c1-6(16)13-8-3-2-7(9(14-8)10(17)18)15-11-4-5-12-15;1-3-8-6-4-5-7-9(8)10-2;1-4(12)10-6-3-2-5(9)7(11-6)8(13)14/h2-5H,1H3,(H,17,18)(H,13,14,16);8-10H,3-7H2,1-2H3;2-3H,1H3,(H,13,14)(H,10,11,12). The van der Waals surface area contributed by atoms with E-state index in [4.69, 9.17) is 10.2 Å². The van der Waals surface area contributed by atoms with E-state index in [2.05, 4.69) is 66.0 Å². The van der Waals surface area contributed by atoms with Gasteiger partial charge in [-0.3, -0.25) is 9.59 Å². The summed E-state index contributed by atoms with van der Waals surface area (Å²) < 4.78 is 0.374. The maximum Gasteiger partial charge on any atom is 0.356 e. The number of aromatic carboxylic acids is 2. The van der Waals surface area contributed by atoms with Gasteiger partial charge in [-0.1, -0.05) is 26.2 Å². The van der Waals surface area contributed by atoms with Gasteiger partial charge in [-0.25, -0.2) is 19.6 Å². The number of carboxylic acid groups (broad SMARTS) is 2. The Bertz CT molecular complexity index is 1360. The number of hydrogen-bond acceptors (Lipinski definition) is 9. The van der Waals surface area contributed by atoms with Crippen LogP contribution >= 0.6 is 15.9 Å². The molecule has 3 heterocycles. The molecule has 226 valence electrons. The van der Waals surface area contributed by atoms with Crippen molar-refractivity contribution in [3.05, 3.63) is 52.5 Å². The zero-order valence-corrected chi connectivity index (χ0v) is 25.4. The summed E-state index contributed by atoms with van der Waals surface area (Å²) in [6, 6.07) is 6.80. The van der Waals surface area contributed by atoms with E-state index in [1.54, 1.807) is 0 Å². The van der Waals surface area contributed by atoms with Gasteiger partial charge in [-0.05, 0) is 66.0 Å². The second kappa shape index (κ2) is 16.9. The molecule has 5 N–H and O–H groups in total. The first-order valence-corrected chi connectivity index (χ1v) is 14.0. The highest BCUT2D eigenvalue weighted by atomic mass is 79.9. The lowest BCUT2D eigenvalue weighted by Crippen LogP contribution is -2.35. The fraction of sp³-hybridized carbons (Fsp3) is 0.407. The summed E-state index contributed by atoms with van der Waals surface area (Å²) in [7, 11) is 2.10. The summed E-state index contributed by atoms with van der Waals surface area (Å²) in [4.78, 5) is 52.0. The predicted octanol–water partition coefficient (Wildman–Crippen LogP) is 3.99. The molecule has 0 aromatic carbocycles. The Labute approximate surface area is 251 Å². The number of amides is 2. The van der Waals surface area contributed by atoms with E-state index in [1.807, 2.05) is 0 Å². The second-order valence-corrected chi connectivity index (χ2v) is 10.1. The molecule has 1 aliphatic rings. The molecule has 0 saturated heterocycles. The molecule has 4 rings (SSSR count). The fourth-order valence-corrected chi connectivity index (χ4v) is 4.67. The van der Waals surface area contributed by atoms with Crippen LogP contribution in [-0.2, 0) is 9.59 Å². The number of nitrogens with zero attached hydrogens (tertiary/aromatic N) is 5. The SMILES string of the molecule is CC(=O)Nc1ccc(-n2nccn2)c(C(=O)O)n1.CC(=O)Nc1ccc(Br)c(C(=O)O)n1.CCC1CCCCC1NC. The van der Waals surface area contributed by atoms with E-state index < -0.39 is 11.9 Å². The lowest BCUT2D eigenvalue weighted by molar-refractivity contribution is -0.115. The van der Waals surface area contributed by atoms with Crippen molar-refractivity contribution in [2.24, 2.45) is 5.92 Å². The molecule has 2 atom stereocenters. The van der Waals surface area contributed by atoms with Gasteiger partial charge in [0.2, 0.25) is 11.8 Å². The molecule has 42 heavy (non-hydrogen) atoms. The highest BCUT2D eigenvalue weighted by Gasteiger charge is 2.21. The molecule has 0 spiro atoms. The van der Waals surface area contributed by atoms with Crippen LogP contribution in [0.4, 0.5) is 11.6 Å². The monoisotopic (exact) mass is 646 g/mol. The topological polar surface area (TPSA) is 201 Å². The molecule has 0 aliphatic heterocycles. The van der Waals surface area contributed by atoms with Crippen molar-refractivity contribution in [3.63, 3.8) is 0 Å². The summed E-state index contributed by atoms with van der Waals surface area (Å²) in [6.45, 7) is 4.94. The molecule has 2 amide bonds. The number of halogens is 1. The van der Waals surface area contributed by atoms with Gasteiger partial charge >= 0.3 is 11.9 Å². The zero-order chi connectivity index (χ0) is 31.2. The number of hydrogen-bond donors (Lipinski definition) is 5. The lowest BCUT2D eigenvalue weighted by atomic mass is 9.83. The minimum Gasteiger partial charge on any atom is -0.476 e. The Morgan fingerprint density at radius 3 is 1.88 bits per heavy atom. The third kappa shape index (κ3) is 10.6. The smallest absolute Gasteiger partial charge is 0.356 e. The number of carbonyl (C=O) groups is 4. The molecule has 3 aromatic rings. The Morgan fingerprint density at radius 1 is 0.881 bits per heavy atom. The molecule has 0 bridgehead atoms. The average Bonchev–Trinajstić information content (AvgIpc) is 3.49. The van der Waals surface area contributed by atoms with Crippen molar-refractivity contribution in [1.29, 1.82) is 0 Å². The number of anilines is 2. The molecule has 2 unspecified atom stereocenters. The van der Waals surface area contributed by atoms with Crippen molar-refractivity contribution in [2.45, 2.75) is 58.9 Å². The van der Waals surface area contributed by atoms with E-state index in [9.17, 15) is 19.2 Å². The highest BCUT2D eigenvalue weighted by molar-refractivity contribution is 9.10. The maximum atomic E-state index is 11.1. The normalized spacial score (nSPS) is 15.6. The van der Waals surface area contributed by atoms with E-state index in [-0.39, 0.29) is 40.5 Å². The Morgan fingerprint density at radius 2 is 1.40 bits per heavy atom. The van der Waals surface area contributed by atoms with Gasteiger partial charge in [0.1, 0.15) is 17.3 Å². The molecular weight excluding hydrogens is 612 g/mol. The minimum atomic E-state index is -1.23. The van der Waals surface area contributed by atoms with Gasteiger partial charge in [0, 0.05) is 19.9 Å². The number of aromatic nitrogens is 5. The van der Waals surface area contributed by atoms with Crippen LogP contribution in [0.1, 0.15) is 73.9 Å². The van der Waals surface area contributed by atoms with E-state index >= 15 is 0 Å². The minimum absolute atomic E-state index is 0.128. The summed E-state index contributed by atoms with van der Waals surface area (Å²) in [5.41, 5.74) is -0.143. The first kappa shape index (κ1) is 34.0. The van der Waals surface area contributed by atoms with Crippen LogP contribution in [-0.4, -0.2) is 72.0 Å². The Balaban J connectivity index is 0.000000230. The van der Waals surface area contributed by atoms with Crippen molar-refractivity contribution in [1.82, 2.24) is 30.3 Å². The van der Waals surface area contributed by atoms with Crippen LogP contribution in [0.5, 0.6) is 0 Å². The van der Waals surface area contributed by atoms with Gasteiger partial charge in [0.15, 0.2) is 11.4 Å². The van der Waals surface area contributed by atoms with Crippen LogP contribution in [0.2, 0.25) is 0 Å². The van der Waals surface area contributed by atoms with Crippen molar-refractivity contribution in [2.75, 3.05) is 17.7 Å². The first-order valence-electron chi connectivity index (χ1n) is 13.2. The largest absolute Gasteiger partial charge is 0.476 e. The van der Waals surface area contributed by atoms with Gasteiger partial charge in [0.25, 0.3) is 0 Å². The quantitative estimate of drug-likeness (QED) is 0.248. The van der Waals surface area contributed by atoms with Crippen LogP contribution in [0.3, 0.4) is 0 Å². The third-order valence-corrected chi connectivity index (χ3v) is 6.81. The van der Waals surface area contributed by atoms with Crippen molar-refractivity contribution in [3.8, 4) is 5.69 Å². The van der Waals surface area contributed by atoms with Crippen molar-refractivity contribution >= 4 is 51.3 Å². The third-order valence-electron chi connectivity index (χ3n) is 6.17. The van der Waals surface area contributed by atoms with Crippen LogP contribution < -0.4 is 16.0 Å². The summed E-state index contributed by atoms with van der Waals surface area (Å²) in [6.07, 6.45) is 9.93. The Kier molecular flexibility index (Phi) is 13.7. The van der Waals surface area contributed by atoms with Crippen LogP contribution in [0.15, 0.2) is 41.1 Å². The molecule has 14 nitrogen and oxygen atoms in total. The number of carboxylic acids is 2. The van der Waals surface area contributed by atoms with Crippen molar-refractivity contribution < 1.29 is 29.4 Å². The fourth-order valence-electron chi connectivity index (χ4n) is 4.28. The zero-order valence-electron chi connectivity index (χ0n) is 23.8. The van der Waals surface area contributed by atoms with Gasteiger partial charge in [-0.15, -0.1) is 4.80 Å². The second-order valence-electron chi connectivity index (χ2n) is 9.23. The summed E-state index contributed by atoms with van der Waals surface area (Å²) in [5.74, 6) is -1.66. The van der Waals surface area contributed by atoms with E-state index in [1.165, 1.54) is 82.6 Å². The van der Waals surface area contributed by atoms with Crippen LogP contribution in [0.25, 0.3) is 5.69 Å². The van der Waals surface area contributed by atoms with Gasteiger partial charge in [-0.2, -0.15) is 10.2 Å². The number of nitrogens with one attached hydrogen (secondary N) is 3. The van der Waals surface area contributed by atoms with E-state index in [0.29, 0.717) is 4.47 Å². The molecular formula is C27H35BrN8O6. The molecule has 1 fully saturated rings. The maximum absolute atomic E-state index is 11.1. The number of pyridine rings is 2. The molecule has 1 aliphatic carbocycles. The lowest BCUT2D eigenvalue weighted by Gasteiger charge is -2.30. The highest BCUT2D eigenvalue weighted by Crippen LogP contribution is 2.26. The molecule has 3 aromatic heterocycles. The Hall–Kier alpha value is -4.24. The van der Waals surface area contributed by atoms with Gasteiger partial charge < -0.3 is 26.2 Å². The molecule has 1 saturated carbocycles. The summed E-state index contributed by atoms with van der Waals surface area (Å²) >= 11 is 3.04. The molecule has 15 heteroatoms. The molecule has 0 radical (unpaired) electrons. The summed E-state index contributed by atoms with van der Waals surface area (Å²) in [5, 5.41) is 33.7. The number of carbonyl (C=O) groups excluding carboxylic acids is 2. The number of rotatable bonds is 7. The predicted molar refractivity (Wildman–Crippen MR) is 159 cm³/mol.